The molecular formula is C15H13BrClNO2S. The highest BCUT2D eigenvalue weighted by atomic mass is 79.9. The fraction of sp³-hybridized carbons (Fsp3) is 0.133. The van der Waals surface area contributed by atoms with Crippen molar-refractivity contribution in [1.29, 1.82) is 0 Å². The van der Waals surface area contributed by atoms with Crippen molar-refractivity contribution in [3.63, 3.8) is 0 Å². The largest absolute Gasteiger partial charge is 0.465 e. The van der Waals surface area contributed by atoms with Gasteiger partial charge < -0.3 is 10.5 Å². The molecule has 0 fully saturated rings. The van der Waals surface area contributed by atoms with Crippen molar-refractivity contribution in [3.05, 3.63) is 57.0 Å². The summed E-state index contributed by atoms with van der Waals surface area (Å²) in [6, 6.07) is 10.8. The van der Waals surface area contributed by atoms with Gasteiger partial charge in [-0.2, -0.15) is 0 Å². The third-order valence-corrected chi connectivity index (χ3v) is 5.10. The molecule has 0 aliphatic carbocycles. The highest BCUT2D eigenvalue weighted by molar-refractivity contribution is 9.10. The van der Waals surface area contributed by atoms with Gasteiger partial charge in [-0.05, 0) is 35.9 Å². The van der Waals surface area contributed by atoms with Gasteiger partial charge in [0.2, 0.25) is 0 Å². The summed E-state index contributed by atoms with van der Waals surface area (Å²) in [5.41, 5.74) is 8.02. The fourth-order valence-corrected chi connectivity index (χ4v) is 3.67. The van der Waals surface area contributed by atoms with E-state index >= 15 is 0 Å². The monoisotopic (exact) mass is 385 g/mol. The maximum absolute atomic E-state index is 11.5. The van der Waals surface area contributed by atoms with E-state index in [2.05, 4.69) is 15.9 Å². The Labute approximate surface area is 140 Å². The lowest BCUT2D eigenvalue weighted by molar-refractivity contribution is 0.0600. The van der Waals surface area contributed by atoms with Gasteiger partial charge in [0.05, 0.1) is 17.7 Å². The second kappa shape index (κ2) is 7.20. The van der Waals surface area contributed by atoms with Gasteiger partial charge in [-0.3, -0.25) is 0 Å². The number of thioether (sulfide) groups is 1. The molecule has 0 saturated heterocycles. The standard InChI is InChI=1S/C15H13BrClNO2S/c1-20-15(19)9-2-3-10(12(16)6-9)8-21-14-7-11(18)4-5-13(14)17/h2-7H,8,18H2,1H3. The van der Waals surface area contributed by atoms with Crippen molar-refractivity contribution >= 4 is 50.9 Å². The lowest BCUT2D eigenvalue weighted by Crippen LogP contribution is -2.01. The molecule has 0 aromatic heterocycles. The van der Waals surface area contributed by atoms with Crippen LogP contribution in [0, 0.1) is 0 Å². The summed E-state index contributed by atoms with van der Waals surface area (Å²) in [6.07, 6.45) is 0. The van der Waals surface area contributed by atoms with Gasteiger partial charge in [0.15, 0.2) is 0 Å². The molecule has 0 spiro atoms. The molecule has 21 heavy (non-hydrogen) atoms. The number of halogens is 2. The number of rotatable bonds is 4. The average molecular weight is 387 g/mol. The van der Waals surface area contributed by atoms with E-state index in [1.807, 2.05) is 12.1 Å². The van der Waals surface area contributed by atoms with Crippen LogP contribution < -0.4 is 5.73 Å². The molecule has 0 saturated carbocycles. The highest BCUT2D eigenvalue weighted by Gasteiger charge is 2.09. The van der Waals surface area contributed by atoms with Crippen LogP contribution in [0.2, 0.25) is 5.02 Å². The van der Waals surface area contributed by atoms with Crippen molar-refractivity contribution < 1.29 is 9.53 Å². The number of benzene rings is 2. The second-order valence-corrected chi connectivity index (χ2v) is 6.56. The number of anilines is 1. The Morgan fingerprint density at radius 3 is 2.76 bits per heavy atom. The summed E-state index contributed by atoms with van der Waals surface area (Å²) in [5, 5.41) is 0.677. The summed E-state index contributed by atoms with van der Waals surface area (Å²) in [7, 11) is 1.36. The van der Waals surface area contributed by atoms with Crippen LogP contribution in [0.1, 0.15) is 15.9 Å². The molecule has 0 amide bonds. The molecule has 2 rings (SSSR count). The van der Waals surface area contributed by atoms with Crippen LogP contribution in [0.15, 0.2) is 45.8 Å². The van der Waals surface area contributed by atoms with E-state index < -0.39 is 0 Å². The number of hydrogen-bond acceptors (Lipinski definition) is 4. The number of carbonyl (C=O) groups is 1. The summed E-state index contributed by atoms with van der Waals surface area (Å²) in [4.78, 5) is 12.4. The Morgan fingerprint density at radius 2 is 2.10 bits per heavy atom. The minimum Gasteiger partial charge on any atom is -0.465 e. The smallest absolute Gasteiger partial charge is 0.337 e. The molecule has 2 aromatic rings. The second-order valence-electron chi connectivity index (χ2n) is 4.28. The molecule has 110 valence electrons. The maximum Gasteiger partial charge on any atom is 0.337 e. The molecule has 0 unspecified atom stereocenters. The van der Waals surface area contributed by atoms with Gasteiger partial charge in [0, 0.05) is 20.8 Å². The fourth-order valence-electron chi connectivity index (χ4n) is 1.70. The quantitative estimate of drug-likeness (QED) is 0.467. The molecule has 2 aromatic carbocycles. The van der Waals surface area contributed by atoms with Crippen molar-refractivity contribution in [3.8, 4) is 0 Å². The normalized spacial score (nSPS) is 10.4. The predicted molar refractivity (Wildman–Crippen MR) is 90.9 cm³/mol. The average Bonchev–Trinajstić information content (AvgIpc) is 2.48. The van der Waals surface area contributed by atoms with E-state index in [1.165, 1.54) is 7.11 Å². The third kappa shape index (κ3) is 4.15. The van der Waals surface area contributed by atoms with E-state index in [1.54, 1.807) is 36.0 Å². The van der Waals surface area contributed by atoms with E-state index in [9.17, 15) is 4.79 Å². The van der Waals surface area contributed by atoms with Crippen molar-refractivity contribution in [2.24, 2.45) is 0 Å². The topological polar surface area (TPSA) is 52.3 Å². The molecular weight excluding hydrogens is 374 g/mol. The molecule has 0 heterocycles. The Morgan fingerprint density at radius 1 is 1.33 bits per heavy atom. The Kier molecular flexibility index (Phi) is 5.56. The Bertz CT molecular complexity index is 679. The number of hydrogen-bond donors (Lipinski definition) is 1. The van der Waals surface area contributed by atoms with Crippen molar-refractivity contribution in [2.75, 3.05) is 12.8 Å². The third-order valence-electron chi connectivity index (χ3n) is 2.81. The number of ether oxygens (including phenoxy) is 1. The first-order valence-corrected chi connectivity index (χ1v) is 8.21. The van der Waals surface area contributed by atoms with Crippen LogP contribution in [-0.2, 0) is 10.5 Å². The minimum atomic E-state index is -0.353. The lowest BCUT2D eigenvalue weighted by atomic mass is 10.1. The van der Waals surface area contributed by atoms with Crippen LogP contribution in [0.4, 0.5) is 5.69 Å². The van der Waals surface area contributed by atoms with E-state index in [-0.39, 0.29) is 5.97 Å². The number of nitrogens with two attached hydrogens (primary N) is 1. The molecule has 0 bridgehead atoms. The van der Waals surface area contributed by atoms with Crippen molar-refractivity contribution in [2.45, 2.75) is 10.6 Å². The van der Waals surface area contributed by atoms with Gasteiger partial charge in [0.25, 0.3) is 0 Å². The van der Waals surface area contributed by atoms with Crippen LogP contribution in [-0.4, -0.2) is 13.1 Å². The first kappa shape index (κ1) is 16.2. The maximum atomic E-state index is 11.5. The Hall–Kier alpha value is -1.17. The zero-order valence-electron chi connectivity index (χ0n) is 11.2. The SMILES string of the molecule is COC(=O)c1ccc(CSc2cc(N)ccc2Cl)c(Br)c1. The lowest BCUT2D eigenvalue weighted by Gasteiger charge is -2.08. The molecule has 0 atom stereocenters. The van der Waals surface area contributed by atoms with Crippen LogP contribution in [0.5, 0.6) is 0 Å². The molecule has 0 radical (unpaired) electrons. The number of carbonyl (C=O) groups excluding carboxylic acids is 1. The zero-order valence-corrected chi connectivity index (χ0v) is 14.4. The van der Waals surface area contributed by atoms with Gasteiger partial charge in [0.1, 0.15) is 0 Å². The van der Waals surface area contributed by atoms with Gasteiger partial charge >= 0.3 is 5.97 Å². The van der Waals surface area contributed by atoms with E-state index in [0.717, 1.165) is 14.9 Å². The van der Waals surface area contributed by atoms with Gasteiger partial charge in [-0.1, -0.05) is 33.6 Å². The number of methoxy groups -OCH3 is 1. The molecule has 0 aliphatic rings. The van der Waals surface area contributed by atoms with Crippen LogP contribution in [0.25, 0.3) is 0 Å². The molecule has 0 aliphatic heterocycles. The summed E-state index contributed by atoms with van der Waals surface area (Å²) >= 11 is 11.2. The number of nitrogen functional groups attached to an aromatic ring is 1. The summed E-state index contributed by atoms with van der Waals surface area (Å²) < 4.78 is 5.55. The minimum absolute atomic E-state index is 0.353. The highest BCUT2D eigenvalue weighted by Crippen LogP contribution is 2.33. The first-order chi connectivity index (χ1) is 10.0. The van der Waals surface area contributed by atoms with E-state index in [4.69, 9.17) is 22.1 Å². The summed E-state index contributed by atoms with van der Waals surface area (Å²) in [6.45, 7) is 0. The van der Waals surface area contributed by atoms with Crippen molar-refractivity contribution in [1.82, 2.24) is 0 Å². The molecule has 2 N–H and O–H groups in total. The Balaban J connectivity index is 2.13. The van der Waals surface area contributed by atoms with Crippen LogP contribution >= 0.6 is 39.3 Å². The van der Waals surface area contributed by atoms with Crippen LogP contribution in [0.3, 0.4) is 0 Å². The van der Waals surface area contributed by atoms with E-state index in [0.29, 0.717) is 22.0 Å². The summed E-state index contributed by atoms with van der Waals surface area (Å²) in [5.74, 6) is 0.361. The van der Waals surface area contributed by atoms with Gasteiger partial charge in [-0.25, -0.2) is 4.79 Å². The predicted octanol–water partition coefficient (Wildman–Crippen LogP) is 4.76. The number of esters is 1. The molecule has 6 heteroatoms. The molecule has 3 nitrogen and oxygen atoms in total. The first-order valence-electron chi connectivity index (χ1n) is 6.06. The zero-order chi connectivity index (χ0) is 15.4. The van der Waals surface area contributed by atoms with Gasteiger partial charge in [-0.15, -0.1) is 11.8 Å².